The molecule has 49 heavy (non-hydrogen) atoms. The maximum absolute atomic E-state index is 12.5. The van der Waals surface area contributed by atoms with Gasteiger partial charge in [0.2, 0.25) is 5.91 Å². The number of aliphatic hydroxyl groups excluding tert-OH is 1. The number of carbonyl (C=O) groups is 1. The Labute approximate surface area is 304 Å². The van der Waals surface area contributed by atoms with E-state index in [0.717, 1.165) is 32.1 Å². The molecule has 0 aliphatic carbocycles. The van der Waals surface area contributed by atoms with Gasteiger partial charge in [-0.05, 0) is 57.8 Å². The number of rotatable bonds is 37. The highest BCUT2D eigenvalue weighted by Crippen LogP contribution is 2.14. The minimum atomic E-state index is -4.35. The van der Waals surface area contributed by atoms with Gasteiger partial charge in [0.1, 0.15) is 0 Å². The summed E-state index contributed by atoms with van der Waals surface area (Å²) in [5.41, 5.74) is 0. The summed E-state index contributed by atoms with van der Waals surface area (Å²) >= 11 is 0. The quantitative estimate of drug-likeness (QED) is 0.0338. The molecule has 0 aliphatic heterocycles. The first-order valence-corrected chi connectivity index (χ1v) is 22.3. The Bertz CT molecular complexity index is 914. The van der Waals surface area contributed by atoms with Gasteiger partial charge in [-0.15, -0.1) is 0 Å². The highest BCUT2D eigenvalue weighted by molar-refractivity contribution is 7.85. The van der Waals surface area contributed by atoms with E-state index in [1.807, 2.05) is 6.08 Å². The lowest BCUT2D eigenvalue weighted by Crippen LogP contribution is -2.46. The summed E-state index contributed by atoms with van der Waals surface area (Å²) in [6, 6.07) is -1.07. The first kappa shape index (κ1) is 47.6. The zero-order chi connectivity index (χ0) is 36.1. The molecule has 288 valence electrons. The third kappa shape index (κ3) is 37.6. The van der Waals surface area contributed by atoms with E-state index in [9.17, 15) is 22.9 Å². The number of nitrogens with one attached hydrogen (secondary N) is 1. The molecule has 3 N–H and O–H groups in total. The fourth-order valence-electron chi connectivity index (χ4n) is 6.17. The van der Waals surface area contributed by atoms with Gasteiger partial charge < -0.3 is 10.4 Å². The number of hydrogen-bond donors (Lipinski definition) is 3. The maximum atomic E-state index is 12.5. The van der Waals surface area contributed by atoms with Gasteiger partial charge in [-0.3, -0.25) is 9.35 Å². The standard InChI is InChI=1S/C42H79NO5S/c1-3-5-7-9-11-13-15-17-19-20-21-22-24-26-28-30-32-34-36-38-42(45)43-40(39-49(46,47)48)41(44)37-35-33-31-29-27-25-23-18-16-14-12-10-8-6-4-2/h17,19,27,29,35,37,40-41,44H,3-16,18,20-26,28,30-34,36,38-39H2,1-2H3,(H,43,45)(H,46,47,48)/b19-17-,29-27+,37-35+. The van der Waals surface area contributed by atoms with Crippen molar-refractivity contribution < 1.29 is 22.9 Å². The zero-order valence-electron chi connectivity index (χ0n) is 32.1. The van der Waals surface area contributed by atoms with Gasteiger partial charge in [0, 0.05) is 6.42 Å². The molecule has 0 heterocycles. The molecule has 0 rings (SSSR count). The van der Waals surface area contributed by atoms with E-state index in [2.05, 4.69) is 43.5 Å². The predicted octanol–water partition coefficient (Wildman–Crippen LogP) is 12.1. The van der Waals surface area contributed by atoms with Crippen LogP contribution in [0.25, 0.3) is 0 Å². The van der Waals surface area contributed by atoms with Crippen LogP contribution in [0, 0.1) is 0 Å². The first-order valence-electron chi connectivity index (χ1n) is 20.7. The molecule has 7 heteroatoms. The van der Waals surface area contributed by atoms with E-state index in [0.29, 0.717) is 6.42 Å². The van der Waals surface area contributed by atoms with Crippen molar-refractivity contribution in [3.05, 3.63) is 36.5 Å². The molecule has 0 radical (unpaired) electrons. The average molecular weight is 710 g/mol. The highest BCUT2D eigenvalue weighted by Gasteiger charge is 2.24. The Morgan fingerprint density at radius 2 is 0.878 bits per heavy atom. The Kier molecular flexibility index (Phi) is 35.3. The summed E-state index contributed by atoms with van der Waals surface area (Å²) in [6.45, 7) is 4.51. The molecule has 0 fully saturated rings. The number of unbranched alkanes of at least 4 members (excludes halogenated alkanes) is 25. The minimum Gasteiger partial charge on any atom is -0.387 e. The second-order valence-corrected chi connectivity index (χ2v) is 15.8. The Morgan fingerprint density at radius 3 is 1.29 bits per heavy atom. The van der Waals surface area contributed by atoms with Gasteiger partial charge >= 0.3 is 0 Å². The Hall–Kier alpha value is -1.44. The van der Waals surface area contributed by atoms with Crippen LogP contribution in [0.5, 0.6) is 0 Å². The minimum absolute atomic E-state index is 0.286. The van der Waals surface area contributed by atoms with Crippen LogP contribution in [0.4, 0.5) is 0 Å². The van der Waals surface area contributed by atoms with E-state index in [-0.39, 0.29) is 12.3 Å². The number of amides is 1. The fraction of sp³-hybridized carbons (Fsp3) is 0.833. The zero-order valence-corrected chi connectivity index (χ0v) is 32.9. The largest absolute Gasteiger partial charge is 0.387 e. The molecule has 1 amide bonds. The number of aliphatic hydroxyl groups is 1. The predicted molar refractivity (Wildman–Crippen MR) is 212 cm³/mol. The van der Waals surface area contributed by atoms with Crippen molar-refractivity contribution in [3.63, 3.8) is 0 Å². The van der Waals surface area contributed by atoms with E-state index in [4.69, 9.17) is 0 Å². The molecule has 6 nitrogen and oxygen atoms in total. The molecule has 0 saturated carbocycles. The van der Waals surface area contributed by atoms with Crippen molar-refractivity contribution in [3.8, 4) is 0 Å². The molecule has 2 unspecified atom stereocenters. The van der Waals surface area contributed by atoms with Gasteiger partial charge in [-0.25, -0.2) is 0 Å². The van der Waals surface area contributed by atoms with Crippen LogP contribution in [0.1, 0.15) is 206 Å². The highest BCUT2D eigenvalue weighted by atomic mass is 32.2. The van der Waals surface area contributed by atoms with Gasteiger partial charge in [0.25, 0.3) is 10.1 Å². The van der Waals surface area contributed by atoms with Crippen LogP contribution in [-0.2, 0) is 14.9 Å². The number of allylic oxidation sites excluding steroid dienone is 5. The second-order valence-electron chi connectivity index (χ2n) is 14.3. The van der Waals surface area contributed by atoms with Crippen LogP contribution in [0.2, 0.25) is 0 Å². The summed E-state index contributed by atoms with van der Waals surface area (Å²) < 4.78 is 32.5. The topological polar surface area (TPSA) is 104 Å². The van der Waals surface area contributed by atoms with Gasteiger partial charge in [0.15, 0.2) is 0 Å². The van der Waals surface area contributed by atoms with E-state index in [1.165, 1.54) is 154 Å². The summed E-state index contributed by atoms with van der Waals surface area (Å²) in [5.74, 6) is -1.00. The summed E-state index contributed by atoms with van der Waals surface area (Å²) in [7, 11) is -4.35. The summed E-state index contributed by atoms with van der Waals surface area (Å²) in [4.78, 5) is 12.5. The number of carbonyl (C=O) groups excluding carboxylic acids is 1. The third-order valence-corrected chi connectivity index (χ3v) is 10.1. The molecule has 2 atom stereocenters. The maximum Gasteiger partial charge on any atom is 0.267 e. The molecule has 0 aromatic rings. The fourth-order valence-corrected chi connectivity index (χ4v) is 6.90. The molecule has 0 saturated heterocycles. The molecule has 0 spiro atoms. The van der Waals surface area contributed by atoms with Crippen molar-refractivity contribution in [1.29, 1.82) is 0 Å². The number of hydrogen-bond acceptors (Lipinski definition) is 4. The van der Waals surface area contributed by atoms with Gasteiger partial charge in [-0.2, -0.15) is 8.42 Å². The van der Waals surface area contributed by atoms with Crippen LogP contribution < -0.4 is 5.32 Å². The van der Waals surface area contributed by atoms with E-state index < -0.39 is 28.0 Å². The normalized spacial score (nSPS) is 13.6. The summed E-state index contributed by atoms with van der Waals surface area (Å²) in [6.07, 6.45) is 47.0. The molecule has 0 bridgehead atoms. The van der Waals surface area contributed by atoms with Crippen molar-refractivity contribution in [2.24, 2.45) is 0 Å². The van der Waals surface area contributed by atoms with Crippen LogP contribution in [-0.4, -0.2) is 41.9 Å². The Balaban J connectivity index is 3.94. The SMILES string of the molecule is CCCCCCCC/C=C\CCCCCCCCCCCC(=O)NC(CS(=O)(=O)O)C(O)/C=C/CC/C=C/CCCCCCCCCCC. The lowest BCUT2D eigenvalue weighted by molar-refractivity contribution is -0.122. The van der Waals surface area contributed by atoms with Gasteiger partial charge in [-0.1, -0.05) is 179 Å². The van der Waals surface area contributed by atoms with Crippen LogP contribution in [0.3, 0.4) is 0 Å². The second kappa shape index (κ2) is 36.4. The lowest BCUT2D eigenvalue weighted by Gasteiger charge is -2.21. The van der Waals surface area contributed by atoms with Crippen molar-refractivity contribution in [1.82, 2.24) is 5.32 Å². The summed E-state index contributed by atoms with van der Waals surface area (Å²) in [5, 5.41) is 13.2. The molecular formula is C42H79NO5S. The van der Waals surface area contributed by atoms with E-state index >= 15 is 0 Å². The van der Waals surface area contributed by atoms with E-state index in [1.54, 1.807) is 0 Å². The third-order valence-electron chi connectivity index (χ3n) is 9.29. The molecular weight excluding hydrogens is 631 g/mol. The monoisotopic (exact) mass is 710 g/mol. The molecule has 0 aliphatic rings. The average Bonchev–Trinajstić information content (AvgIpc) is 3.06. The van der Waals surface area contributed by atoms with Crippen LogP contribution >= 0.6 is 0 Å². The van der Waals surface area contributed by atoms with Gasteiger partial charge in [0.05, 0.1) is 17.9 Å². The van der Waals surface area contributed by atoms with Crippen LogP contribution in [0.15, 0.2) is 36.5 Å². The Morgan fingerprint density at radius 1 is 0.531 bits per heavy atom. The van der Waals surface area contributed by atoms with Crippen molar-refractivity contribution in [2.45, 2.75) is 219 Å². The van der Waals surface area contributed by atoms with Crippen molar-refractivity contribution >= 4 is 16.0 Å². The lowest BCUT2D eigenvalue weighted by atomic mass is 10.0. The molecule has 0 aromatic heterocycles. The smallest absolute Gasteiger partial charge is 0.267 e. The first-order chi connectivity index (χ1) is 23.8. The molecule has 0 aromatic carbocycles. The van der Waals surface area contributed by atoms with Crippen molar-refractivity contribution in [2.75, 3.05) is 5.75 Å².